The molecule has 16 heavy (non-hydrogen) atoms. The fraction of sp³-hybridized carbons (Fsp3) is 0.231. The Morgan fingerprint density at radius 1 is 1.25 bits per heavy atom. The van der Waals surface area contributed by atoms with Crippen molar-refractivity contribution in [3.8, 4) is 5.75 Å². The van der Waals surface area contributed by atoms with Crippen molar-refractivity contribution in [3.63, 3.8) is 0 Å². The first-order chi connectivity index (χ1) is 7.79. The van der Waals surface area contributed by atoms with Crippen LogP contribution in [-0.4, -0.2) is 12.2 Å². The molecular weight excluding hydrogens is 220 g/mol. The molecule has 0 radical (unpaired) electrons. The summed E-state index contributed by atoms with van der Waals surface area (Å²) in [5.74, 6) is 0.812. The van der Waals surface area contributed by atoms with Gasteiger partial charge in [-0.2, -0.15) is 0 Å². The van der Waals surface area contributed by atoms with Crippen molar-refractivity contribution in [3.05, 3.63) is 52.2 Å². The Balaban J connectivity index is 2.05. The maximum atomic E-state index is 10.0. The van der Waals surface area contributed by atoms with Crippen LogP contribution < -0.4 is 4.74 Å². The molecular formula is C13H14O2S. The molecule has 2 nitrogen and oxygen atoms in total. The Hall–Kier alpha value is -1.32. The van der Waals surface area contributed by atoms with Crippen LogP contribution in [0.5, 0.6) is 5.75 Å². The molecule has 1 aromatic carbocycles. The fourth-order valence-corrected chi connectivity index (χ4v) is 2.31. The van der Waals surface area contributed by atoms with Crippen LogP contribution in [0.15, 0.2) is 41.8 Å². The quantitative estimate of drug-likeness (QED) is 0.881. The lowest BCUT2D eigenvalue weighted by Crippen LogP contribution is -2.00. The van der Waals surface area contributed by atoms with Gasteiger partial charge in [0.15, 0.2) is 0 Å². The third kappa shape index (κ3) is 2.62. The smallest absolute Gasteiger partial charge is 0.118 e. The zero-order valence-corrected chi connectivity index (χ0v) is 9.91. The van der Waals surface area contributed by atoms with Crippen molar-refractivity contribution in [1.82, 2.24) is 0 Å². The van der Waals surface area contributed by atoms with Gasteiger partial charge >= 0.3 is 0 Å². The number of hydrogen-bond donors (Lipinski definition) is 1. The molecule has 0 aliphatic carbocycles. The average Bonchev–Trinajstić information content (AvgIpc) is 2.82. The molecule has 0 aliphatic heterocycles. The van der Waals surface area contributed by atoms with E-state index in [1.54, 1.807) is 18.4 Å². The van der Waals surface area contributed by atoms with Crippen molar-refractivity contribution < 1.29 is 9.84 Å². The molecule has 2 rings (SSSR count). The summed E-state index contributed by atoms with van der Waals surface area (Å²) < 4.78 is 5.08. The minimum atomic E-state index is -0.440. The summed E-state index contributed by atoms with van der Waals surface area (Å²) >= 11 is 1.67. The minimum Gasteiger partial charge on any atom is -0.497 e. The largest absolute Gasteiger partial charge is 0.497 e. The first-order valence-corrected chi connectivity index (χ1v) is 6.02. The number of hydrogen-bond acceptors (Lipinski definition) is 3. The summed E-state index contributed by atoms with van der Waals surface area (Å²) in [5.41, 5.74) is 0.925. The van der Waals surface area contributed by atoms with Gasteiger partial charge in [0.2, 0.25) is 0 Å². The SMILES string of the molecule is COc1ccc(C(O)Cc2cccs2)cc1. The van der Waals surface area contributed by atoms with E-state index in [-0.39, 0.29) is 0 Å². The minimum absolute atomic E-state index is 0.440. The molecule has 0 bridgehead atoms. The van der Waals surface area contributed by atoms with Crippen molar-refractivity contribution in [2.24, 2.45) is 0 Å². The molecule has 1 heterocycles. The number of aliphatic hydroxyl groups is 1. The highest BCUT2D eigenvalue weighted by Crippen LogP contribution is 2.22. The first-order valence-electron chi connectivity index (χ1n) is 5.14. The van der Waals surface area contributed by atoms with E-state index in [0.29, 0.717) is 6.42 Å². The summed E-state index contributed by atoms with van der Waals surface area (Å²) in [6.07, 6.45) is 0.230. The zero-order valence-electron chi connectivity index (χ0n) is 9.09. The summed E-state index contributed by atoms with van der Waals surface area (Å²) in [4.78, 5) is 1.20. The van der Waals surface area contributed by atoms with Gasteiger partial charge in [-0.25, -0.2) is 0 Å². The number of rotatable bonds is 4. The first kappa shape index (κ1) is 11.2. The summed E-state index contributed by atoms with van der Waals surface area (Å²) in [6.45, 7) is 0. The van der Waals surface area contributed by atoms with E-state index < -0.39 is 6.10 Å². The molecule has 0 saturated carbocycles. The number of ether oxygens (including phenoxy) is 1. The van der Waals surface area contributed by atoms with Crippen LogP contribution in [0.1, 0.15) is 16.5 Å². The van der Waals surface area contributed by atoms with Gasteiger partial charge in [0.1, 0.15) is 5.75 Å². The molecule has 1 aromatic heterocycles. The Morgan fingerprint density at radius 3 is 2.56 bits per heavy atom. The second-order valence-corrected chi connectivity index (χ2v) is 4.60. The molecule has 1 N–H and O–H groups in total. The van der Waals surface area contributed by atoms with Crippen LogP contribution in [0.2, 0.25) is 0 Å². The maximum absolute atomic E-state index is 10.0. The third-order valence-corrected chi connectivity index (χ3v) is 3.37. The highest BCUT2D eigenvalue weighted by atomic mass is 32.1. The van der Waals surface area contributed by atoms with Gasteiger partial charge in [-0.3, -0.25) is 0 Å². The normalized spacial score (nSPS) is 12.4. The van der Waals surface area contributed by atoms with Crippen LogP contribution in [0, 0.1) is 0 Å². The number of aliphatic hydroxyl groups excluding tert-OH is 1. The highest BCUT2D eigenvalue weighted by molar-refractivity contribution is 7.09. The second-order valence-electron chi connectivity index (χ2n) is 3.57. The predicted octanol–water partition coefficient (Wildman–Crippen LogP) is 3.03. The Morgan fingerprint density at radius 2 is 2.00 bits per heavy atom. The summed E-state index contributed by atoms with van der Waals surface area (Å²) in [6, 6.07) is 11.6. The molecule has 1 atom stereocenters. The van der Waals surface area contributed by atoms with E-state index in [9.17, 15) is 5.11 Å². The van der Waals surface area contributed by atoms with Crippen LogP contribution in [0.3, 0.4) is 0 Å². The molecule has 84 valence electrons. The van der Waals surface area contributed by atoms with E-state index >= 15 is 0 Å². The van der Waals surface area contributed by atoms with Gasteiger partial charge in [-0.05, 0) is 29.1 Å². The Bertz CT molecular complexity index is 420. The summed E-state index contributed by atoms with van der Waals surface area (Å²) in [5, 5.41) is 12.0. The monoisotopic (exact) mass is 234 g/mol. The van der Waals surface area contributed by atoms with Crippen LogP contribution in [0.4, 0.5) is 0 Å². The van der Waals surface area contributed by atoms with E-state index in [4.69, 9.17) is 4.74 Å². The molecule has 0 aliphatic rings. The molecule has 1 unspecified atom stereocenters. The highest BCUT2D eigenvalue weighted by Gasteiger charge is 2.09. The number of methoxy groups -OCH3 is 1. The lowest BCUT2D eigenvalue weighted by molar-refractivity contribution is 0.179. The fourth-order valence-electron chi connectivity index (χ4n) is 1.56. The van der Waals surface area contributed by atoms with Gasteiger partial charge in [-0.1, -0.05) is 18.2 Å². The molecule has 3 heteroatoms. The lowest BCUT2D eigenvalue weighted by Gasteiger charge is -2.10. The van der Waals surface area contributed by atoms with E-state index in [1.165, 1.54) is 4.88 Å². The van der Waals surface area contributed by atoms with E-state index in [1.807, 2.05) is 41.8 Å². The van der Waals surface area contributed by atoms with Crippen molar-refractivity contribution in [2.45, 2.75) is 12.5 Å². The van der Waals surface area contributed by atoms with Gasteiger partial charge in [0, 0.05) is 11.3 Å². The van der Waals surface area contributed by atoms with Crippen molar-refractivity contribution in [1.29, 1.82) is 0 Å². The maximum Gasteiger partial charge on any atom is 0.118 e. The third-order valence-electron chi connectivity index (χ3n) is 2.48. The molecule has 0 saturated heterocycles. The van der Waals surface area contributed by atoms with E-state index in [0.717, 1.165) is 11.3 Å². The van der Waals surface area contributed by atoms with Gasteiger partial charge in [0.25, 0.3) is 0 Å². The van der Waals surface area contributed by atoms with Gasteiger partial charge in [-0.15, -0.1) is 11.3 Å². The Kier molecular flexibility index (Phi) is 3.59. The topological polar surface area (TPSA) is 29.5 Å². The molecule has 0 amide bonds. The predicted molar refractivity (Wildman–Crippen MR) is 66.0 cm³/mol. The number of thiophene rings is 1. The standard InChI is InChI=1S/C13H14O2S/c1-15-11-6-4-10(5-7-11)13(14)9-12-3-2-8-16-12/h2-8,13-14H,9H2,1H3. The van der Waals surface area contributed by atoms with Crippen LogP contribution in [-0.2, 0) is 6.42 Å². The molecule has 0 spiro atoms. The van der Waals surface area contributed by atoms with Crippen LogP contribution >= 0.6 is 11.3 Å². The van der Waals surface area contributed by atoms with Crippen molar-refractivity contribution >= 4 is 11.3 Å². The molecule has 0 fully saturated rings. The van der Waals surface area contributed by atoms with E-state index in [2.05, 4.69) is 0 Å². The second kappa shape index (κ2) is 5.14. The zero-order chi connectivity index (χ0) is 11.4. The van der Waals surface area contributed by atoms with Crippen molar-refractivity contribution in [2.75, 3.05) is 7.11 Å². The molecule has 2 aromatic rings. The number of benzene rings is 1. The van der Waals surface area contributed by atoms with Gasteiger partial charge < -0.3 is 9.84 Å². The van der Waals surface area contributed by atoms with Crippen LogP contribution in [0.25, 0.3) is 0 Å². The Labute approximate surface area is 99.1 Å². The lowest BCUT2D eigenvalue weighted by atomic mass is 10.1. The van der Waals surface area contributed by atoms with Gasteiger partial charge in [0.05, 0.1) is 13.2 Å². The average molecular weight is 234 g/mol. The summed E-state index contributed by atoms with van der Waals surface area (Å²) in [7, 11) is 1.64.